The molecular weight excluding hydrogens is 532 g/mol. The van der Waals surface area contributed by atoms with Crippen LogP contribution in [0.15, 0.2) is 85.5 Å². The van der Waals surface area contributed by atoms with Crippen molar-refractivity contribution < 1.29 is 29.2 Å². The highest BCUT2D eigenvalue weighted by molar-refractivity contribution is 5.70. The van der Waals surface area contributed by atoms with Crippen LogP contribution in [0, 0.1) is 5.92 Å². The van der Waals surface area contributed by atoms with Crippen molar-refractivity contribution in [2.24, 2.45) is 5.92 Å². The Kier molecular flexibility index (Phi) is 10.0. The summed E-state index contributed by atoms with van der Waals surface area (Å²) in [5.41, 5.74) is 5.82. The molecule has 2 saturated heterocycles. The topological polar surface area (TPSA) is 100 Å². The maximum Gasteiger partial charge on any atom is 0.407 e. The number of ether oxygens (including phenoxy) is 3. The van der Waals surface area contributed by atoms with Crippen LogP contribution in [0.2, 0.25) is 0 Å². The Labute approximate surface area is 247 Å². The number of amides is 1. The number of hydrogen-bond acceptors (Lipinski definition) is 7. The van der Waals surface area contributed by atoms with Crippen molar-refractivity contribution in [3.63, 3.8) is 0 Å². The fourth-order valence-corrected chi connectivity index (χ4v) is 5.69. The van der Waals surface area contributed by atoms with Gasteiger partial charge in [0.1, 0.15) is 6.61 Å². The Morgan fingerprint density at radius 3 is 2.50 bits per heavy atom. The van der Waals surface area contributed by atoms with Crippen molar-refractivity contribution in [1.82, 2.24) is 10.2 Å². The van der Waals surface area contributed by atoms with E-state index in [2.05, 4.69) is 23.7 Å². The number of aliphatic hydroxyl groups excluding tert-OH is 2. The standard InChI is InChI=1S/C34H40N2O6/c1-3-18-40-34(39)35-19-28-6-4-5-7-30(28)25-12-14-27(15-13-25)33-41-31(21-36-17-16-29(38)20-36)23(2)32(42-33)26-10-8-24(22-37)9-11-26/h3-15,23,29,31-33,37-38H,1,16-22H2,2H3,(H,35,39)/t23-,29-,31+,32+,33+/m0/s1. The molecule has 2 aliphatic rings. The zero-order valence-corrected chi connectivity index (χ0v) is 24.0. The maximum absolute atomic E-state index is 11.9. The predicted molar refractivity (Wildman–Crippen MR) is 160 cm³/mol. The zero-order valence-electron chi connectivity index (χ0n) is 24.0. The molecule has 8 heteroatoms. The average molecular weight is 573 g/mol. The van der Waals surface area contributed by atoms with Crippen LogP contribution < -0.4 is 5.32 Å². The Morgan fingerprint density at radius 1 is 1.07 bits per heavy atom. The van der Waals surface area contributed by atoms with E-state index in [-0.39, 0.29) is 37.4 Å². The highest BCUT2D eigenvalue weighted by atomic mass is 16.7. The molecule has 0 unspecified atom stereocenters. The number of carbonyl (C=O) groups excluding carboxylic acids is 1. The van der Waals surface area contributed by atoms with Gasteiger partial charge in [-0.15, -0.1) is 0 Å². The highest BCUT2D eigenvalue weighted by Gasteiger charge is 2.39. The number of likely N-dealkylation sites (tertiary alicyclic amines) is 1. The molecule has 0 radical (unpaired) electrons. The first kappa shape index (κ1) is 29.9. The van der Waals surface area contributed by atoms with Gasteiger partial charge in [-0.1, -0.05) is 92.4 Å². The molecule has 2 fully saturated rings. The normalized spacial score (nSPS) is 24.3. The van der Waals surface area contributed by atoms with E-state index in [1.165, 1.54) is 6.08 Å². The van der Waals surface area contributed by atoms with Gasteiger partial charge >= 0.3 is 6.09 Å². The van der Waals surface area contributed by atoms with Crippen LogP contribution >= 0.6 is 0 Å². The summed E-state index contributed by atoms with van der Waals surface area (Å²) < 4.78 is 18.2. The molecule has 5 atom stereocenters. The molecule has 8 nitrogen and oxygen atoms in total. The minimum Gasteiger partial charge on any atom is -0.445 e. The second-order valence-electron chi connectivity index (χ2n) is 11.0. The van der Waals surface area contributed by atoms with Crippen LogP contribution in [-0.2, 0) is 27.4 Å². The molecular formula is C34H40N2O6. The number of hydrogen-bond donors (Lipinski definition) is 3. The van der Waals surface area contributed by atoms with Crippen molar-refractivity contribution in [2.75, 3.05) is 26.2 Å². The molecule has 222 valence electrons. The third-order valence-electron chi connectivity index (χ3n) is 8.08. The minimum absolute atomic E-state index is 0.00204. The molecule has 0 bridgehead atoms. The van der Waals surface area contributed by atoms with E-state index in [9.17, 15) is 15.0 Å². The zero-order chi connectivity index (χ0) is 29.5. The molecule has 0 aromatic heterocycles. The van der Waals surface area contributed by atoms with Crippen LogP contribution in [0.3, 0.4) is 0 Å². The first-order valence-electron chi connectivity index (χ1n) is 14.6. The summed E-state index contributed by atoms with van der Waals surface area (Å²) in [7, 11) is 0. The van der Waals surface area contributed by atoms with E-state index in [0.717, 1.165) is 52.9 Å². The number of aliphatic hydroxyl groups is 2. The van der Waals surface area contributed by atoms with E-state index in [1.807, 2.05) is 72.8 Å². The lowest BCUT2D eigenvalue weighted by Gasteiger charge is -2.42. The Hall–Kier alpha value is -3.53. The monoisotopic (exact) mass is 572 g/mol. The third kappa shape index (κ3) is 7.27. The highest BCUT2D eigenvalue weighted by Crippen LogP contribution is 2.42. The predicted octanol–water partition coefficient (Wildman–Crippen LogP) is 5.12. The van der Waals surface area contributed by atoms with Gasteiger partial charge < -0.3 is 29.7 Å². The summed E-state index contributed by atoms with van der Waals surface area (Å²) in [6.45, 7) is 8.44. The smallest absolute Gasteiger partial charge is 0.407 e. The van der Waals surface area contributed by atoms with Crippen molar-refractivity contribution in [1.29, 1.82) is 0 Å². The summed E-state index contributed by atoms with van der Waals surface area (Å²) in [5, 5.41) is 22.4. The van der Waals surface area contributed by atoms with Gasteiger partial charge in [-0.05, 0) is 34.2 Å². The van der Waals surface area contributed by atoms with E-state index in [1.54, 1.807) is 0 Å². The second kappa shape index (κ2) is 14.1. The third-order valence-corrected chi connectivity index (χ3v) is 8.08. The van der Waals surface area contributed by atoms with E-state index >= 15 is 0 Å². The van der Waals surface area contributed by atoms with Crippen molar-refractivity contribution in [3.05, 3.63) is 108 Å². The van der Waals surface area contributed by atoms with Crippen molar-refractivity contribution >= 4 is 6.09 Å². The number of carbonyl (C=O) groups is 1. The van der Waals surface area contributed by atoms with Gasteiger partial charge in [0, 0.05) is 37.7 Å². The molecule has 1 amide bonds. The maximum atomic E-state index is 11.9. The van der Waals surface area contributed by atoms with Gasteiger partial charge in [-0.2, -0.15) is 0 Å². The number of rotatable bonds is 10. The molecule has 2 aliphatic heterocycles. The molecule has 3 N–H and O–H groups in total. The summed E-state index contributed by atoms with van der Waals surface area (Å²) in [6, 6.07) is 24.0. The molecule has 0 aliphatic carbocycles. The number of β-amino-alcohol motifs (C(OH)–C–C–N with tert-alkyl or cyclic N) is 1. The van der Waals surface area contributed by atoms with E-state index in [4.69, 9.17) is 14.2 Å². The first-order chi connectivity index (χ1) is 20.4. The summed E-state index contributed by atoms with van der Waals surface area (Å²) >= 11 is 0. The number of alkyl carbamates (subject to hydrolysis) is 1. The minimum atomic E-state index is -0.563. The molecule has 3 aromatic rings. The average Bonchev–Trinajstić information content (AvgIpc) is 3.44. The van der Waals surface area contributed by atoms with Gasteiger partial charge in [0.25, 0.3) is 0 Å². The van der Waals surface area contributed by atoms with Crippen LogP contribution in [-0.4, -0.2) is 59.7 Å². The number of nitrogens with zero attached hydrogens (tertiary/aromatic N) is 1. The molecule has 0 spiro atoms. The number of nitrogens with one attached hydrogen (secondary N) is 1. The fourth-order valence-electron chi connectivity index (χ4n) is 5.69. The Balaban J connectivity index is 1.35. The molecule has 2 heterocycles. The van der Waals surface area contributed by atoms with Gasteiger partial charge in [0.05, 0.1) is 24.9 Å². The van der Waals surface area contributed by atoms with Gasteiger partial charge in [0.15, 0.2) is 6.29 Å². The van der Waals surface area contributed by atoms with E-state index < -0.39 is 12.4 Å². The Morgan fingerprint density at radius 2 is 1.81 bits per heavy atom. The fraction of sp³-hybridized carbons (Fsp3) is 0.382. The van der Waals surface area contributed by atoms with Crippen LogP contribution in [0.1, 0.15) is 48.0 Å². The Bertz CT molecular complexity index is 1330. The molecule has 5 rings (SSSR count). The summed E-state index contributed by atoms with van der Waals surface area (Å²) in [4.78, 5) is 14.2. The lowest BCUT2D eigenvalue weighted by Crippen LogP contribution is -2.44. The van der Waals surface area contributed by atoms with E-state index in [0.29, 0.717) is 13.1 Å². The quantitative estimate of drug-likeness (QED) is 0.290. The van der Waals surface area contributed by atoms with Gasteiger partial charge in [0.2, 0.25) is 0 Å². The largest absolute Gasteiger partial charge is 0.445 e. The van der Waals surface area contributed by atoms with Crippen molar-refractivity contribution in [3.8, 4) is 11.1 Å². The lowest BCUT2D eigenvalue weighted by molar-refractivity contribution is -0.276. The summed E-state index contributed by atoms with van der Waals surface area (Å²) in [6.07, 6.45) is 0.683. The first-order valence-corrected chi connectivity index (χ1v) is 14.6. The van der Waals surface area contributed by atoms with Crippen LogP contribution in [0.4, 0.5) is 4.79 Å². The summed E-state index contributed by atoms with van der Waals surface area (Å²) in [5.74, 6) is 0.0794. The van der Waals surface area contributed by atoms with Crippen LogP contribution in [0.5, 0.6) is 0 Å². The van der Waals surface area contributed by atoms with Crippen molar-refractivity contribution in [2.45, 2.75) is 51.1 Å². The second-order valence-corrected chi connectivity index (χ2v) is 11.0. The molecule has 42 heavy (non-hydrogen) atoms. The number of benzene rings is 3. The molecule has 3 aromatic carbocycles. The van der Waals surface area contributed by atoms with Gasteiger partial charge in [-0.3, -0.25) is 4.90 Å². The van der Waals surface area contributed by atoms with Crippen LogP contribution in [0.25, 0.3) is 11.1 Å². The van der Waals surface area contributed by atoms with Gasteiger partial charge in [-0.25, -0.2) is 4.79 Å². The SMILES string of the molecule is C=CCOC(=O)NCc1ccccc1-c1ccc([C@@H]2O[C@H](CN3CC[C@H](O)C3)[C@H](C)[C@H](c3ccc(CO)cc3)O2)cc1. The lowest BCUT2D eigenvalue weighted by atomic mass is 9.90. The molecule has 0 saturated carbocycles.